The molecule has 0 bridgehead atoms. The van der Waals surface area contributed by atoms with E-state index >= 15 is 0 Å². The predicted molar refractivity (Wildman–Crippen MR) is 113 cm³/mol. The number of para-hydroxylation sites is 1. The van der Waals surface area contributed by atoms with Crippen LogP contribution in [0.25, 0.3) is 16.7 Å². The Morgan fingerprint density at radius 1 is 1.24 bits per heavy atom. The molecule has 1 aliphatic rings. The number of hydrogen-bond donors (Lipinski definition) is 2. The molecule has 1 aliphatic heterocycles. The van der Waals surface area contributed by atoms with Crippen LogP contribution in [0.3, 0.4) is 0 Å². The van der Waals surface area contributed by atoms with Crippen molar-refractivity contribution < 1.29 is 9.47 Å². The molecule has 1 aromatic carbocycles. The lowest BCUT2D eigenvalue weighted by Gasteiger charge is -2.23. The van der Waals surface area contributed by atoms with Gasteiger partial charge in [0.2, 0.25) is 0 Å². The molecule has 0 spiro atoms. The Kier molecular flexibility index (Phi) is 5.54. The zero-order valence-corrected chi connectivity index (χ0v) is 17.2. The number of hydrogen-bond acceptors (Lipinski definition) is 5. The van der Waals surface area contributed by atoms with E-state index in [1.807, 2.05) is 41.1 Å². The summed E-state index contributed by atoms with van der Waals surface area (Å²) in [7, 11) is 0. The molecule has 1 unspecified atom stereocenters. The fourth-order valence-corrected chi connectivity index (χ4v) is 3.58. The first-order chi connectivity index (χ1) is 13.9. The van der Waals surface area contributed by atoms with Gasteiger partial charge in [0.05, 0.1) is 37.3 Å². The van der Waals surface area contributed by atoms with E-state index in [0.717, 1.165) is 22.4 Å². The van der Waals surface area contributed by atoms with Gasteiger partial charge in [-0.3, -0.25) is 4.79 Å². The fraction of sp³-hybridized carbons (Fsp3) is 0.455. The Bertz CT molecular complexity index is 1030. The van der Waals surface area contributed by atoms with Crippen molar-refractivity contribution in [3.8, 4) is 5.69 Å². The van der Waals surface area contributed by atoms with Crippen LogP contribution in [0, 0.1) is 0 Å². The Morgan fingerprint density at radius 3 is 2.72 bits per heavy atom. The van der Waals surface area contributed by atoms with Gasteiger partial charge in [0, 0.05) is 29.5 Å². The molecule has 1 saturated heterocycles. The number of aromatic amines is 1. The highest BCUT2D eigenvalue weighted by molar-refractivity contribution is 5.81. The lowest BCUT2D eigenvalue weighted by Crippen LogP contribution is -2.37. The van der Waals surface area contributed by atoms with E-state index in [2.05, 4.69) is 31.1 Å². The van der Waals surface area contributed by atoms with Crippen molar-refractivity contribution in [3.63, 3.8) is 0 Å². The molecule has 3 heterocycles. The minimum atomic E-state index is -0.158. The third-order valence-corrected chi connectivity index (χ3v) is 5.05. The van der Waals surface area contributed by atoms with E-state index in [1.165, 1.54) is 0 Å². The molecule has 1 fully saturated rings. The summed E-state index contributed by atoms with van der Waals surface area (Å²) in [5, 5.41) is 9.15. The molecular formula is C22H28N4O3. The van der Waals surface area contributed by atoms with Gasteiger partial charge in [-0.05, 0) is 18.2 Å². The summed E-state index contributed by atoms with van der Waals surface area (Å²) in [4.78, 5) is 15.8. The van der Waals surface area contributed by atoms with Crippen LogP contribution in [-0.2, 0) is 21.4 Å². The van der Waals surface area contributed by atoms with Crippen LogP contribution in [0.5, 0.6) is 0 Å². The highest BCUT2D eigenvalue weighted by atomic mass is 16.6. The average Bonchev–Trinajstić information content (AvgIpc) is 3.08. The van der Waals surface area contributed by atoms with E-state index in [-0.39, 0.29) is 17.1 Å². The van der Waals surface area contributed by atoms with Crippen molar-refractivity contribution in [1.82, 2.24) is 20.1 Å². The van der Waals surface area contributed by atoms with Crippen molar-refractivity contribution >= 4 is 11.0 Å². The highest BCUT2D eigenvalue weighted by Gasteiger charge is 2.24. The number of nitrogens with one attached hydrogen (secondary N) is 2. The Labute approximate surface area is 170 Å². The van der Waals surface area contributed by atoms with Crippen LogP contribution in [0.2, 0.25) is 0 Å². The smallest absolute Gasteiger partial charge is 0.254 e. The van der Waals surface area contributed by atoms with E-state index in [1.54, 1.807) is 0 Å². The SMILES string of the molecule is CC(C)(C)c1nn(-c2ccccc2)c2[nH]c(=O)c(CNCC3COCCO3)cc12. The third kappa shape index (κ3) is 4.27. The first-order valence-electron chi connectivity index (χ1n) is 10.0. The number of rotatable bonds is 5. The number of benzene rings is 1. The van der Waals surface area contributed by atoms with E-state index in [0.29, 0.717) is 38.5 Å². The Hall–Kier alpha value is -2.48. The molecule has 3 aromatic rings. The summed E-state index contributed by atoms with van der Waals surface area (Å²) in [6.45, 7) is 9.35. The maximum Gasteiger partial charge on any atom is 0.254 e. The molecule has 4 rings (SSSR count). The van der Waals surface area contributed by atoms with Gasteiger partial charge in [0.25, 0.3) is 5.56 Å². The van der Waals surface area contributed by atoms with E-state index in [4.69, 9.17) is 14.6 Å². The Balaban J connectivity index is 1.67. The first kappa shape index (κ1) is 19.8. The number of pyridine rings is 1. The second kappa shape index (κ2) is 8.10. The number of nitrogens with zero attached hydrogens (tertiary/aromatic N) is 2. The van der Waals surface area contributed by atoms with E-state index < -0.39 is 0 Å². The van der Waals surface area contributed by atoms with Crippen molar-refractivity contribution in [2.45, 2.75) is 38.8 Å². The molecule has 154 valence electrons. The maximum absolute atomic E-state index is 12.8. The number of fused-ring (bicyclic) bond motifs is 1. The molecule has 7 heteroatoms. The van der Waals surface area contributed by atoms with Crippen LogP contribution in [-0.4, -0.2) is 47.2 Å². The lowest BCUT2D eigenvalue weighted by atomic mass is 9.90. The summed E-state index contributed by atoms with van der Waals surface area (Å²) in [6.07, 6.45) is 0.0255. The normalized spacial score (nSPS) is 17.7. The second-order valence-electron chi connectivity index (χ2n) is 8.43. The highest BCUT2D eigenvalue weighted by Crippen LogP contribution is 2.29. The predicted octanol–water partition coefficient (Wildman–Crippen LogP) is 2.52. The molecule has 0 amide bonds. The van der Waals surface area contributed by atoms with Crippen LogP contribution in [0.1, 0.15) is 32.0 Å². The number of aromatic nitrogens is 3. The van der Waals surface area contributed by atoms with Crippen molar-refractivity contribution in [1.29, 1.82) is 0 Å². The van der Waals surface area contributed by atoms with Gasteiger partial charge in [0.1, 0.15) is 5.65 Å². The van der Waals surface area contributed by atoms with Gasteiger partial charge in [-0.15, -0.1) is 0 Å². The molecule has 29 heavy (non-hydrogen) atoms. The molecule has 0 saturated carbocycles. The van der Waals surface area contributed by atoms with E-state index in [9.17, 15) is 4.79 Å². The van der Waals surface area contributed by atoms with Crippen LogP contribution in [0.4, 0.5) is 0 Å². The molecule has 7 nitrogen and oxygen atoms in total. The zero-order valence-electron chi connectivity index (χ0n) is 17.2. The standard InChI is InChI=1S/C22H28N4O3/c1-22(2,3)19-18-11-15(12-23-13-17-14-28-9-10-29-17)21(27)24-20(18)26(25-19)16-7-5-4-6-8-16/h4-8,11,17,23H,9-10,12-14H2,1-3H3,(H,24,27). The summed E-state index contributed by atoms with van der Waals surface area (Å²) in [5.41, 5.74) is 3.02. The van der Waals surface area contributed by atoms with Crippen molar-refractivity contribution in [3.05, 3.63) is 58.0 Å². The second-order valence-corrected chi connectivity index (χ2v) is 8.43. The summed E-state index contributed by atoms with van der Waals surface area (Å²) in [5.74, 6) is 0. The van der Waals surface area contributed by atoms with Crippen LogP contribution in [0.15, 0.2) is 41.2 Å². The summed E-state index contributed by atoms with van der Waals surface area (Å²) < 4.78 is 12.9. The molecule has 0 aliphatic carbocycles. The number of H-pyrrole nitrogens is 1. The molecule has 0 radical (unpaired) electrons. The van der Waals surface area contributed by atoms with Crippen LogP contribution < -0.4 is 10.9 Å². The summed E-state index contributed by atoms with van der Waals surface area (Å²) in [6, 6.07) is 11.8. The van der Waals surface area contributed by atoms with Crippen molar-refractivity contribution in [2.24, 2.45) is 0 Å². The quantitative estimate of drug-likeness (QED) is 0.693. The summed E-state index contributed by atoms with van der Waals surface area (Å²) >= 11 is 0. The lowest BCUT2D eigenvalue weighted by molar-refractivity contribution is -0.0864. The molecule has 2 N–H and O–H groups in total. The molecule has 2 aromatic heterocycles. The van der Waals surface area contributed by atoms with Gasteiger partial charge in [-0.25, -0.2) is 4.68 Å². The molecule has 1 atom stereocenters. The largest absolute Gasteiger partial charge is 0.376 e. The van der Waals surface area contributed by atoms with Gasteiger partial charge >= 0.3 is 0 Å². The van der Waals surface area contributed by atoms with Gasteiger partial charge in [0.15, 0.2) is 0 Å². The zero-order chi connectivity index (χ0) is 20.4. The fourth-order valence-electron chi connectivity index (χ4n) is 3.58. The van der Waals surface area contributed by atoms with Gasteiger partial charge < -0.3 is 19.8 Å². The topological polar surface area (TPSA) is 81.2 Å². The van der Waals surface area contributed by atoms with Crippen LogP contribution >= 0.6 is 0 Å². The monoisotopic (exact) mass is 396 g/mol. The average molecular weight is 396 g/mol. The molecular weight excluding hydrogens is 368 g/mol. The van der Waals surface area contributed by atoms with Crippen molar-refractivity contribution in [2.75, 3.05) is 26.4 Å². The third-order valence-electron chi connectivity index (χ3n) is 5.05. The van der Waals surface area contributed by atoms with Gasteiger partial charge in [-0.2, -0.15) is 5.10 Å². The minimum Gasteiger partial charge on any atom is -0.376 e. The first-order valence-corrected chi connectivity index (χ1v) is 10.0. The maximum atomic E-state index is 12.8. The number of ether oxygens (including phenoxy) is 2. The minimum absolute atomic E-state index is 0.0255. The van der Waals surface area contributed by atoms with Gasteiger partial charge in [-0.1, -0.05) is 39.0 Å². The Morgan fingerprint density at radius 2 is 2.03 bits per heavy atom.